The van der Waals surface area contributed by atoms with Crippen LogP contribution in [0.4, 0.5) is 16.2 Å². The molecular weight excluding hydrogens is 296 g/mol. The fraction of sp³-hybridized carbons (Fsp3) is 0.438. The maximum absolute atomic E-state index is 12.4. The molecule has 0 unspecified atom stereocenters. The maximum atomic E-state index is 12.4. The minimum atomic E-state index is -0.670. The van der Waals surface area contributed by atoms with Crippen LogP contribution in [0.5, 0.6) is 0 Å². The molecule has 0 bridgehead atoms. The molecule has 124 valence electrons. The standard InChI is InChI=1S/C16H22N4O3/c1-3-4-9-17-15(22)11(2)18-16(23)20-10-14(21)19-12-7-5-6-8-13(12)20/h5-8,11H,3-4,9-10H2,1-2H3,(H,17,22)(H,18,23)(H,19,21)/t11-/m0/s1. The number of nitrogens with one attached hydrogen (secondary N) is 3. The van der Waals surface area contributed by atoms with E-state index in [4.69, 9.17) is 0 Å². The van der Waals surface area contributed by atoms with E-state index in [9.17, 15) is 14.4 Å². The summed E-state index contributed by atoms with van der Waals surface area (Å²) in [6.45, 7) is 4.17. The second kappa shape index (κ2) is 7.62. The molecule has 7 nitrogen and oxygen atoms in total. The number of benzene rings is 1. The molecule has 0 radical (unpaired) electrons. The lowest BCUT2D eigenvalue weighted by molar-refractivity contribution is -0.122. The number of hydrogen-bond donors (Lipinski definition) is 3. The van der Waals surface area contributed by atoms with Crippen LogP contribution in [-0.4, -0.2) is 37.0 Å². The van der Waals surface area contributed by atoms with Crippen molar-refractivity contribution in [3.63, 3.8) is 0 Å². The van der Waals surface area contributed by atoms with Crippen molar-refractivity contribution in [1.29, 1.82) is 0 Å². The molecule has 1 aromatic carbocycles. The van der Waals surface area contributed by atoms with E-state index in [1.165, 1.54) is 4.90 Å². The van der Waals surface area contributed by atoms with Gasteiger partial charge >= 0.3 is 6.03 Å². The first-order chi connectivity index (χ1) is 11.0. The smallest absolute Gasteiger partial charge is 0.323 e. The molecule has 2 rings (SSSR count). The number of unbranched alkanes of at least 4 members (excludes halogenated alkanes) is 1. The van der Waals surface area contributed by atoms with E-state index >= 15 is 0 Å². The molecule has 1 aromatic rings. The number of rotatable bonds is 5. The Bertz CT molecular complexity index is 603. The van der Waals surface area contributed by atoms with Crippen molar-refractivity contribution in [2.45, 2.75) is 32.7 Å². The van der Waals surface area contributed by atoms with Gasteiger partial charge in [0.05, 0.1) is 11.4 Å². The van der Waals surface area contributed by atoms with Crippen LogP contribution in [0.2, 0.25) is 0 Å². The SMILES string of the molecule is CCCCNC(=O)[C@H](C)NC(=O)N1CC(=O)Nc2ccccc21. The number of amides is 4. The first kappa shape index (κ1) is 16.8. The van der Waals surface area contributed by atoms with E-state index in [0.29, 0.717) is 17.9 Å². The number of fused-ring (bicyclic) bond motifs is 1. The lowest BCUT2D eigenvalue weighted by atomic mass is 10.2. The molecule has 3 N–H and O–H groups in total. The van der Waals surface area contributed by atoms with Gasteiger partial charge in [-0.2, -0.15) is 0 Å². The summed E-state index contributed by atoms with van der Waals surface area (Å²) in [5, 5.41) is 8.12. The molecule has 0 aliphatic carbocycles. The van der Waals surface area contributed by atoms with E-state index in [-0.39, 0.29) is 18.4 Å². The van der Waals surface area contributed by atoms with Gasteiger partial charge in [0.1, 0.15) is 12.6 Å². The predicted octanol–water partition coefficient (Wildman–Crippen LogP) is 1.46. The Morgan fingerprint density at radius 1 is 1.35 bits per heavy atom. The molecule has 0 saturated carbocycles. The number of urea groups is 1. The van der Waals surface area contributed by atoms with Crippen LogP contribution in [0.3, 0.4) is 0 Å². The van der Waals surface area contributed by atoms with Crippen molar-refractivity contribution in [3.05, 3.63) is 24.3 Å². The number of anilines is 2. The molecule has 7 heteroatoms. The minimum Gasteiger partial charge on any atom is -0.354 e. The number of carbonyl (C=O) groups is 3. The summed E-state index contributed by atoms with van der Waals surface area (Å²) in [7, 11) is 0. The number of nitrogens with zero attached hydrogens (tertiary/aromatic N) is 1. The summed E-state index contributed by atoms with van der Waals surface area (Å²) < 4.78 is 0. The highest BCUT2D eigenvalue weighted by atomic mass is 16.2. The molecule has 1 atom stereocenters. The van der Waals surface area contributed by atoms with Crippen LogP contribution in [0, 0.1) is 0 Å². The molecule has 23 heavy (non-hydrogen) atoms. The summed E-state index contributed by atoms with van der Waals surface area (Å²) in [6.07, 6.45) is 1.88. The monoisotopic (exact) mass is 318 g/mol. The van der Waals surface area contributed by atoms with Crippen LogP contribution in [0.1, 0.15) is 26.7 Å². The van der Waals surface area contributed by atoms with Crippen molar-refractivity contribution >= 4 is 29.2 Å². The first-order valence-corrected chi connectivity index (χ1v) is 7.77. The van der Waals surface area contributed by atoms with Gasteiger partial charge in [-0.15, -0.1) is 0 Å². The zero-order valence-electron chi connectivity index (χ0n) is 13.4. The lowest BCUT2D eigenvalue weighted by Gasteiger charge is -2.30. The molecule has 0 fully saturated rings. The van der Waals surface area contributed by atoms with Gasteiger partial charge < -0.3 is 16.0 Å². The number of carbonyl (C=O) groups excluding carboxylic acids is 3. The zero-order chi connectivity index (χ0) is 16.8. The van der Waals surface area contributed by atoms with Gasteiger partial charge in [-0.3, -0.25) is 14.5 Å². The van der Waals surface area contributed by atoms with Crippen molar-refractivity contribution in [2.24, 2.45) is 0 Å². The van der Waals surface area contributed by atoms with Crippen LogP contribution < -0.4 is 20.9 Å². The Hall–Kier alpha value is -2.57. The lowest BCUT2D eigenvalue weighted by Crippen LogP contribution is -2.53. The fourth-order valence-electron chi connectivity index (χ4n) is 2.28. The second-order valence-corrected chi connectivity index (χ2v) is 5.47. The topological polar surface area (TPSA) is 90.5 Å². The van der Waals surface area contributed by atoms with Gasteiger partial charge in [-0.25, -0.2) is 4.79 Å². The predicted molar refractivity (Wildman–Crippen MR) is 88.3 cm³/mol. The molecule has 0 saturated heterocycles. The summed E-state index contributed by atoms with van der Waals surface area (Å²) in [4.78, 5) is 37.4. The molecule has 0 spiro atoms. The minimum absolute atomic E-state index is 0.0764. The van der Waals surface area contributed by atoms with Gasteiger partial charge in [0.2, 0.25) is 11.8 Å². The molecule has 1 heterocycles. The summed E-state index contributed by atoms with van der Waals surface area (Å²) in [5.74, 6) is -0.500. The Kier molecular flexibility index (Phi) is 5.56. The van der Waals surface area contributed by atoms with Gasteiger partial charge in [0, 0.05) is 6.54 Å². The van der Waals surface area contributed by atoms with Crippen molar-refractivity contribution in [1.82, 2.24) is 10.6 Å². The maximum Gasteiger partial charge on any atom is 0.323 e. The molecular formula is C16H22N4O3. The molecule has 4 amide bonds. The quantitative estimate of drug-likeness (QED) is 0.718. The van der Waals surface area contributed by atoms with Crippen LogP contribution in [-0.2, 0) is 9.59 Å². The van der Waals surface area contributed by atoms with Crippen molar-refractivity contribution in [3.8, 4) is 0 Å². The highest BCUT2D eigenvalue weighted by Crippen LogP contribution is 2.28. The average molecular weight is 318 g/mol. The van der Waals surface area contributed by atoms with E-state index < -0.39 is 12.1 Å². The Morgan fingerprint density at radius 2 is 2.09 bits per heavy atom. The van der Waals surface area contributed by atoms with Crippen molar-refractivity contribution in [2.75, 3.05) is 23.3 Å². The summed E-state index contributed by atoms with van der Waals surface area (Å²) >= 11 is 0. The van der Waals surface area contributed by atoms with Crippen LogP contribution >= 0.6 is 0 Å². The highest BCUT2D eigenvalue weighted by molar-refractivity contribution is 6.09. The van der Waals surface area contributed by atoms with Crippen molar-refractivity contribution < 1.29 is 14.4 Å². The molecule has 0 aromatic heterocycles. The van der Waals surface area contributed by atoms with Crippen LogP contribution in [0.25, 0.3) is 0 Å². The van der Waals surface area contributed by atoms with E-state index in [1.807, 2.05) is 6.92 Å². The second-order valence-electron chi connectivity index (χ2n) is 5.47. The van der Waals surface area contributed by atoms with Gasteiger partial charge in [-0.05, 0) is 25.5 Å². The molecule has 1 aliphatic rings. The first-order valence-electron chi connectivity index (χ1n) is 7.77. The van der Waals surface area contributed by atoms with E-state index in [2.05, 4.69) is 16.0 Å². The van der Waals surface area contributed by atoms with E-state index in [1.54, 1.807) is 31.2 Å². The zero-order valence-corrected chi connectivity index (χ0v) is 13.4. The fourth-order valence-corrected chi connectivity index (χ4v) is 2.28. The third kappa shape index (κ3) is 4.21. The van der Waals surface area contributed by atoms with Crippen LogP contribution in [0.15, 0.2) is 24.3 Å². The molecule has 1 aliphatic heterocycles. The normalized spacial score (nSPS) is 14.5. The average Bonchev–Trinajstić information content (AvgIpc) is 2.53. The Balaban J connectivity index is 2.00. The summed E-state index contributed by atoms with van der Waals surface area (Å²) in [5.41, 5.74) is 1.20. The highest BCUT2D eigenvalue weighted by Gasteiger charge is 2.28. The van der Waals surface area contributed by atoms with Gasteiger partial charge in [0.15, 0.2) is 0 Å². The summed E-state index contributed by atoms with van der Waals surface area (Å²) in [6, 6.07) is 5.91. The van der Waals surface area contributed by atoms with Gasteiger partial charge in [0.25, 0.3) is 0 Å². The number of para-hydroxylation sites is 2. The largest absolute Gasteiger partial charge is 0.354 e. The van der Waals surface area contributed by atoms with E-state index in [0.717, 1.165) is 12.8 Å². The number of hydrogen-bond acceptors (Lipinski definition) is 3. The third-order valence-electron chi connectivity index (χ3n) is 3.58. The van der Waals surface area contributed by atoms with Gasteiger partial charge in [-0.1, -0.05) is 25.5 Å². The Morgan fingerprint density at radius 3 is 2.83 bits per heavy atom. The third-order valence-corrected chi connectivity index (χ3v) is 3.58. The Labute approximate surface area is 135 Å².